The zero-order valence-electron chi connectivity index (χ0n) is 11.9. The summed E-state index contributed by atoms with van der Waals surface area (Å²) in [7, 11) is 0. The second-order valence-electron chi connectivity index (χ2n) is 4.89. The molecule has 1 rings (SSSR count). The van der Waals surface area contributed by atoms with Gasteiger partial charge in [-0.3, -0.25) is 4.79 Å². The number of unbranched alkanes of at least 4 members (excludes halogenated alkanes) is 1. The van der Waals surface area contributed by atoms with Gasteiger partial charge in [-0.1, -0.05) is 47.7 Å². The number of allylic oxidation sites excluding steroid dienone is 1. The fourth-order valence-electron chi connectivity index (χ4n) is 1.41. The fourth-order valence-corrected chi connectivity index (χ4v) is 1.67. The van der Waals surface area contributed by atoms with Crippen LogP contribution in [0.25, 0.3) is 0 Å². The maximum atomic E-state index is 11.4. The van der Waals surface area contributed by atoms with Crippen LogP contribution in [-0.2, 0) is 4.79 Å². The average molecular weight is 334 g/mol. The number of hydrogen-bond donors (Lipinski definition) is 1. The summed E-state index contributed by atoms with van der Waals surface area (Å²) in [6, 6.07) is 7.91. The molecule has 0 spiro atoms. The van der Waals surface area contributed by atoms with E-state index in [0.29, 0.717) is 12.5 Å². The largest absolute Gasteiger partial charge is 0.352 e. The maximum Gasteiger partial charge on any atom is 0.243 e. The minimum Gasteiger partial charge on any atom is -0.352 e. The van der Waals surface area contributed by atoms with Gasteiger partial charge in [-0.15, -0.1) is 0 Å². The van der Waals surface area contributed by atoms with Gasteiger partial charge in [0.15, 0.2) is 0 Å². The quantitative estimate of drug-likeness (QED) is 0.494. The normalized spacial score (nSPS) is 10.4. The highest BCUT2D eigenvalue weighted by atomic mass is 79.9. The molecule has 0 aromatic heterocycles. The van der Waals surface area contributed by atoms with E-state index in [1.165, 1.54) is 0 Å². The summed E-state index contributed by atoms with van der Waals surface area (Å²) >= 11 is 3.39. The van der Waals surface area contributed by atoms with Crippen molar-refractivity contribution in [3.05, 3.63) is 46.5 Å². The summed E-state index contributed by atoms with van der Waals surface area (Å²) in [6.07, 6.45) is 5.00. The maximum absolute atomic E-state index is 11.4. The number of carbonyl (C=O) groups excluding carboxylic acids is 1. The molecule has 0 aliphatic carbocycles. The van der Waals surface area contributed by atoms with Gasteiger partial charge in [0.25, 0.3) is 0 Å². The van der Waals surface area contributed by atoms with Crippen LogP contribution in [0.3, 0.4) is 0 Å². The fraction of sp³-hybridized carbons (Fsp3) is 0.353. The third-order valence-electron chi connectivity index (χ3n) is 2.47. The zero-order chi connectivity index (χ0) is 14.8. The number of amides is 1. The predicted molar refractivity (Wildman–Crippen MR) is 87.2 cm³/mol. The molecule has 0 radical (unpaired) electrons. The molecule has 1 aromatic rings. The first-order chi connectivity index (χ1) is 9.58. The summed E-state index contributed by atoms with van der Waals surface area (Å²) in [6.45, 7) is 4.86. The number of benzene rings is 1. The van der Waals surface area contributed by atoms with Crippen LogP contribution in [0.5, 0.6) is 0 Å². The van der Waals surface area contributed by atoms with Gasteiger partial charge in [-0.25, -0.2) is 0 Å². The third-order valence-corrected chi connectivity index (χ3v) is 3.00. The molecule has 0 aliphatic heterocycles. The highest BCUT2D eigenvalue weighted by Gasteiger charge is 1.96. The van der Waals surface area contributed by atoms with Crippen molar-refractivity contribution in [1.29, 1.82) is 0 Å². The van der Waals surface area contributed by atoms with Gasteiger partial charge in [-0.2, -0.15) is 0 Å². The van der Waals surface area contributed by atoms with E-state index in [1.807, 2.05) is 30.3 Å². The molecule has 1 aromatic carbocycles. The molecule has 3 heteroatoms. The van der Waals surface area contributed by atoms with Crippen LogP contribution < -0.4 is 5.32 Å². The number of hydrogen-bond acceptors (Lipinski definition) is 1. The van der Waals surface area contributed by atoms with E-state index in [2.05, 4.69) is 46.9 Å². The second kappa shape index (κ2) is 9.39. The Morgan fingerprint density at radius 3 is 2.70 bits per heavy atom. The summed E-state index contributed by atoms with van der Waals surface area (Å²) < 4.78 is 1.05. The van der Waals surface area contributed by atoms with Gasteiger partial charge in [-0.05, 0) is 42.7 Å². The number of rotatable bonds is 5. The Balaban J connectivity index is 2.25. The second-order valence-corrected chi connectivity index (χ2v) is 5.80. The average Bonchev–Trinajstić information content (AvgIpc) is 2.42. The molecular formula is C17H20BrNO. The first-order valence-electron chi connectivity index (χ1n) is 6.76. The van der Waals surface area contributed by atoms with Crippen LogP contribution in [-0.4, -0.2) is 12.5 Å². The van der Waals surface area contributed by atoms with Crippen LogP contribution in [0, 0.1) is 17.8 Å². The molecular weight excluding hydrogens is 314 g/mol. The Kier molecular flexibility index (Phi) is 7.75. The Morgan fingerprint density at radius 2 is 2.05 bits per heavy atom. The van der Waals surface area contributed by atoms with E-state index >= 15 is 0 Å². The number of halogens is 1. The summed E-state index contributed by atoms with van der Waals surface area (Å²) in [5.41, 5.74) is 1.01. The van der Waals surface area contributed by atoms with Crippen LogP contribution >= 0.6 is 15.9 Å². The van der Waals surface area contributed by atoms with E-state index in [1.54, 1.807) is 6.08 Å². The Hall–Kier alpha value is -1.53. The smallest absolute Gasteiger partial charge is 0.243 e. The van der Waals surface area contributed by atoms with Gasteiger partial charge in [0, 0.05) is 23.0 Å². The Morgan fingerprint density at radius 1 is 1.35 bits per heavy atom. The standard InChI is InChI=1S/C17H20BrNO/c1-14(2)13-19-17(20)8-6-4-3-5-7-15-9-11-16(18)12-10-15/h6,8-12,14H,3-4,13H2,1-2H3,(H,19,20)/b8-6+. The molecule has 0 saturated carbocycles. The molecule has 0 saturated heterocycles. The highest BCUT2D eigenvalue weighted by molar-refractivity contribution is 9.10. The predicted octanol–water partition coefficient (Wildman–Crippen LogP) is 3.91. The lowest BCUT2D eigenvalue weighted by atomic mass is 10.2. The molecule has 0 fully saturated rings. The molecule has 1 amide bonds. The summed E-state index contributed by atoms with van der Waals surface area (Å²) in [4.78, 5) is 11.4. The first kappa shape index (κ1) is 16.5. The van der Waals surface area contributed by atoms with Gasteiger partial charge >= 0.3 is 0 Å². The van der Waals surface area contributed by atoms with Crippen molar-refractivity contribution in [2.75, 3.05) is 6.54 Å². The minimum atomic E-state index is -0.0282. The first-order valence-corrected chi connectivity index (χ1v) is 7.56. The molecule has 0 unspecified atom stereocenters. The zero-order valence-corrected chi connectivity index (χ0v) is 13.5. The minimum absolute atomic E-state index is 0.0282. The van der Waals surface area contributed by atoms with Crippen molar-refractivity contribution >= 4 is 21.8 Å². The van der Waals surface area contributed by atoms with Crippen molar-refractivity contribution in [2.24, 2.45) is 5.92 Å². The van der Waals surface area contributed by atoms with Crippen LogP contribution in [0.4, 0.5) is 0 Å². The van der Waals surface area contributed by atoms with E-state index in [4.69, 9.17) is 0 Å². The molecule has 0 bridgehead atoms. The Bertz CT molecular complexity index is 506. The SMILES string of the molecule is CC(C)CNC(=O)/C=C/CCC#Cc1ccc(Br)cc1. The van der Waals surface area contributed by atoms with E-state index < -0.39 is 0 Å². The van der Waals surface area contributed by atoms with Crippen molar-refractivity contribution in [3.8, 4) is 11.8 Å². The van der Waals surface area contributed by atoms with Crippen LogP contribution in [0.1, 0.15) is 32.3 Å². The van der Waals surface area contributed by atoms with Gasteiger partial charge in [0.2, 0.25) is 5.91 Å². The summed E-state index contributed by atoms with van der Waals surface area (Å²) in [5, 5.41) is 2.84. The van der Waals surface area contributed by atoms with E-state index in [9.17, 15) is 4.79 Å². The summed E-state index contributed by atoms with van der Waals surface area (Å²) in [5.74, 6) is 6.64. The third kappa shape index (κ3) is 7.81. The van der Waals surface area contributed by atoms with Crippen molar-refractivity contribution in [3.63, 3.8) is 0 Å². The molecule has 1 N–H and O–H groups in total. The molecule has 0 atom stereocenters. The highest BCUT2D eigenvalue weighted by Crippen LogP contribution is 2.09. The lowest BCUT2D eigenvalue weighted by molar-refractivity contribution is -0.116. The Labute approximate surface area is 129 Å². The molecule has 0 aliphatic rings. The lowest BCUT2D eigenvalue weighted by Gasteiger charge is -2.03. The van der Waals surface area contributed by atoms with Crippen molar-refractivity contribution in [1.82, 2.24) is 5.32 Å². The number of nitrogens with one attached hydrogen (secondary N) is 1. The van der Waals surface area contributed by atoms with Gasteiger partial charge in [0.05, 0.1) is 0 Å². The van der Waals surface area contributed by atoms with E-state index in [0.717, 1.165) is 22.9 Å². The monoisotopic (exact) mass is 333 g/mol. The van der Waals surface area contributed by atoms with Gasteiger partial charge < -0.3 is 5.32 Å². The van der Waals surface area contributed by atoms with Crippen LogP contribution in [0.2, 0.25) is 0 Å². The molecule has 106 valence electrons. The molecule has 0 heterocycles. The van der Waals surface area contributed by atoms with Gasteiger partial charge in [0.1, 0.15) is 0 Å². The molecule has 2 nitrogen and oxygen atoms in total. The topological polar surface area (TPSA) is 29.1 Å². The van der Waals surface area contributed by atoms with Crippen molar-refractivity contribution in [2.45, 2.75) is 26.7 Å². The number of carbonyl (C=O) groups is 1. The molecule has 20 heavy (non-hydrogen) atoms. The lowest BCUT2D eigenvalue weighted by Crippen LogP contribution is -2.25. The van der Waals surface area contributed by atoms with Crippen LogP contribution in [0.15, 0.2) is 40.9 Å². The van der Waals surface area contributed by atoms with Crippen molar-refractivity contribution < 1.29 is 4.79 Å². The van der Waals surface area contributed by atoms with E-state index in [-0.39, 0.29) is 5.91 Å².